The maximum absolute atomic E-state index is 13.2. The van der Waals surface area contributed by atoms with E-state index in [0.29, 0.717) is 52.4 Å². The summed E-state index contributed by atoms with van der Waals surface area (Å²) in [5.41, 5.74) is -1.38. The van der Waals surface area contributed by atoms with Gasteiger partial charge in [0.25, 0.3) is 0 Å². The molecule has 1 aliphatic rings. The van der Waals surface area contributed by atoms with Crippen molar-refractivity contribution in [1.82, 2.24) is 35.6 Å². The van der Waals surface area contributed by atoms with Gasteiger partial charge in [0.2, 0.25) is 11.8 Å². The van der Waals surface area contributed by atoms with E-state index in [1.54, 1.807) is 86.6 Å². The van der Waals surface area contributed by atoms with Crippen LogP contribution in [0.3, 0.4) is 0 Å². The Kier molecular flexibility index (Phi) is 20.9. The predicted octanol–water partition coefficient (Wildman–Crippen LogP) is 0.845. The van der Waals surface area contributed by atoms with Crippen LogP contribution in [0, 0.1) is 0 Å². The summed E-state index contributed by atoms with van der Waals surface area (Å²) in [5.74, 6) is -4.03. The van der Waals surface area contributed by atoms with Crippen molar-refractivity contribution in [2.45, 2.75) is 91.8 Å². The molecule has 0 bridgehead atoms. The number of esters is 3. The third kappa shape index (κ3) is 24.3. The van der Waals surface area contributed by atoms with Crippen LogP contribution in [0.15, 0.2) is 30.3 Å². The van der Waals surface area contributed by atoms with Crippen molar-refractivity contribution in [3.05, 3.63) is 35.9 Å². The van der Waals surface area contributed by atoms with Gasteiger partial charge in [0.1, 0.15) is 29.5 Å². The molecule has 1 saturated heterocycles. The van der Waals surface area contributed by atoms with E-state index in [1.807, 2.05) is 25.7 Å². The van der Waals surface area contributed by atoms with Crippen LogP contribution in [0.25, 0.3) is 0 Å². The van der Waals surface area contributed by atoms with Gasteiger partial charge in [-0.1, -0.05) is 30.3 Å². The van der Waals surface area contributed by atoms with Crippen molar-refractivity contribution < 1.29 is 57.6 Å². The molecule has 1 fully saturated rings. The van der Waals surface area contributed by atoms with Crippen molar-refractivity contribution in [2.24, 2.45) is 0 Å². The van der Waals surface area contributed by atoms with E-state index >= 15 is 0 Å². The molecule has 0 radical (unpaired) electrons. The molecule has 338 valence electrons. The largest absolute Gasteiger partial charge is 0.480 e. The van der Waals surface area contributed by atoms with E-state index in [0.717, 1.165) is 5.56 Å². The van der Waals surface area contributed by atoms with Crippen molar-refractivity contribution >= 4 is 41.8 Å². The molecule has 1 atom stereocenters. The van der Waals surface area contributed by atoms with Crippen LogP contribution in [0.2, 0.25) is 0 Å². The molecule has 4 N–H and O–H groups in total. The molecule has 0 spiro atoms. The molecule has 0 saturated carbocycles. The van der Waals surface area contributed by atoms with E-state index in [1.165, 1.54) is 0 Å². The van der Waals surface area contributed by atoms with Crippen molar-refractivity contribution in [3.63, 3.8) is 0 Å². The van der Waals surface area contributed by atoms with Crippen LogP contribution in [-0.4, -0.2) is 181 Å². The second kappa shape index (κ2) is 24.4. The molecule has 2 rings (SSSR count). The average molecular weight is 850 g/mol. The molecule has 19 heteroatoms. The highest BCUT2D eigenvalue weighted by atomic mass is 16.6. The van der Waals surface area contributed by atoms with Gasteiger partial charge >= 0.3 is 30.0 Å². The summed E-state index contributed by atoms with van der Waals surface area (Å²) in [6.07, 6.45) is -0.869. The zero-order valence-corrected chi connectivity index (χ0v) is 36.8. The SMILES string of the molecule is CC(C)(C)OC(=O)CN1CCN(CC(=O)NCC(=O)N[C@@H](CNC(=O)OCc2ccccc2)C(=O)O)CCN(CC(=O)OC(C)(C)C)CCN(CC(=O)OC(C)(C)C)CC1. The summed E-state index contributed by atoms with van der Waals surface area (Å²) in [5, 5.41) is 16.8. The van der Waals surface area contributed by atoms with E-state index in [4.69, 9.17) is 18.9 Å². The first-order chi connectivity index (χ1) is 27.9. The maximum atomic E-state index is 13.2. The second-order valence-electron chi connectivity index (χ2n) is 17.5. The summed E-state index contributed by atoms with van der Waals surface area (Å²) in [6, 6.07) is 7.39. The number of nitrogens with zero attached hydrogens (tertiary/aromatic N) is 4. The number of amides is 3. The zero-order valence-electron chi connectivity index (χ0n) is 36.8. The van der Waals surface area contributed by atoms with Gasteiger partial charge in [0.05, 0.1) is 39.3 Å². The Bertz CT molecular complexity index is 1530. The number of carbonyl (C=O) groups is 7. The summed E-state index contributed by atoms with van der Waals surface area (Å²) < 4.78 is 21.9. The second-order valence-corrected chi connectivity index (χ2v) is 17.5. The monoisotopic (exact) mass is 849 g/mol. The van der Waals surface area contributed by atoms with Gasteiger partial charge in [-0.25, -0.2) is 9.59 Å². The van der Waals surface area contributed by atoms with Crippen LogP contribution in [0.5, 0.6) is 0 Å². The fourth-order valence-corrected chi connectivity index (χ4v) is 5.72. The fourth-order valence-electron chi connectivity index (χ4n) is 5.72. The minimum Gasteiger partial charge on any atom is -0.480 e. The molecule has 1 aromatic rings. The van der Waals surface area contributed by atoms with Crippen molar-refractivity contribution in [1.29, 1.82) is 0 Å². The van der Waals surface area contributed by atoms with Gasteiger partial charge in [-0.3, -0.25) is 43.6 Å². The number of hydrogen-bond acceptors (Lipinski definition) is 15. The molecule has 0 aliphatic carbocycles. The molecular formula is C41H67N7O12. The Hall–Kier alpha value is -4.85. The summed E-state index contributed by atoms with van der Waals surface area (Å²) in [4.78, 5) is 96.3. The summed E-state index contributed by atoms with van der Waals surface area (Å²) >= 11 is 0. The van der Waals surface area contributed by atoms with Gasteiger partial charge in [0, 0.05) is 52.4 Å². The third-order valence-corrected chi connectivity index (χ3v) is 8.36. The van der Waals surface area contributed by atoms with Crippen LogP contribution in [-0.2, 0) is 54.3 Å². The van der Waals surface area contributed by atoms with Crippen LogP contribution < -0.4 is 16.0 Å². The van der Waals surface area contributed by atoms with Crippen molar-refractivity contribution in [2.75, 3.05) is 91.6 Å². The lowest BCUT2D eigenvalue weighted by atomic mass is 10.2. The van der Waals surface area contributed by atoms with Gasteiger partial charge in [-0.15, -0.1) is 0 Å². The van der Waals surface area contributed by atoms with Gasteiger partial charge in [-0.05, 0) is 67.9 Å². The molecule has 60 heavy (non-hydrogen) atoms. The number of carboxylic acids is 1. The highest BCUT2D eigenvalue weighted by molar-refractivity contribution is 5.88. The highest BCUT2D eigenvalue weighted by Gasteiger charge is 2.27. The lowest BCUT2D eigenvalue weighted by molar-refractivity contribution is -0.158. The van der Waals surface area contributed by atoms with Gasteiger partial charge in [0.15, 0.2) is 0 Å². The smallest absolute Gasteiger partial charge is 0.407 e. The number of benzene rings is 1. The normalized spacial score (nSPS) is 16.2. The number of aliphatic carboxylic acids is 1. The van der Waals surface area contributed by atoms with Gasteiger partial charge < -0.3 is 40.0 Å². The molecule has 3 amide bonds. The van der Waals surface area contributed by atoms with Gasteiger partial charge in [-0.2, -0.15) is 0 Å². The first kappa shape index (κ1) is 51.3. The van der Waals surface area contributed by atoms with Crippen LogP contribution in [0.1, 0.15) is 67.9 Å². The Labute approximate surface area is 353 Å². The number of hydrogen-bond donors (Lipinski definition) is 4. The van der Waals surface area contributed by atoms with Crippen molar-refractivity contribution in [3.8, 4) is 0 Å². The Morgan fingerprint density at radius 3 is 1.33 bits per heavy atom. The number of ether oxygens (including phenoxy) is 4. The number of nitrogens with one attached hydrogen (secondary N) is 3. The summed E-state index contributed by atoms with van der Waals surface area (Å²) in [7, 11) is 0. The lowest BCUT2D eigenvalue weighted by Gasteiger charge is -2.34. The molecule has 0 aromatic heterocycles. The van der Waals surface area contributed by atoms with E-state index in [9.17, 15) is 38.7 Å². The molecule has 1 aromatic carbocycles. The minimum atomic E-state index is -1.50. The predicted molar refractivity (Wildman–Crippen MR) is 221 cm³/mol. The highest BCUT2D eigenvalue weighted by Crippen LogP contribution is 2.11. The molecule has 0 unspecified atom stereocenters. The fraction of sp³-hybridized carbons (Fsp3) is 0.683. The first-order valence-corrected chi connectivity index (χ1v) is 20.1. The quantitative estimate of drug-likeness (QED) is 0.134. The Balaban J connectivity index is 2.15. The topological polar surface area (TPSA) is 226 Å². The average Bonchev–Trinajstić information content (AvgIpc) is 3.10. The Morgan fingerprint density at radius 2 is 0.967 bits per heavy atom. The lowest BCUT2D eigenvalue weighted by Crippen LogP contribution is -2.52. The molecular weight excluding hydrogens is 782 g/mol. The zero-order chi connectivity index (χ0) is 45.1. The third-order valence-electron chi connectivity index (χ3n) is 8.36. The minimum absolute atomic E-state index is 0.0112. The number of alkyl carbamates (subject to hydrolysis) is 1. The number of rotatable bonds is 16. The van der Waals surface area contributed by atoms with E-state index in [2.05, 4.69) is 16.0 Å². The summed E-state index contributed by atoms with van der Waals surface area (Å²) in [6.45, 7) is 17.4. The number of carbonyl (C=O) groups excluding carboxylic acids is 6. The molecule has 1 heterocycles. The van der Waals surface area contributed by atoms with Crippen LogP contribution in [0.4, 0.5) is 4.79 Å². The maximum Gasteiger partial charge on any atom is 0.407 e. The Morgan fingerprint density at radius 1 is 0.583 bits per heavy atom. The first-order valence-electron chi connectivity index (χ1n) is 20.1. The van der Waals surface area contributed by atoms with Crippen LogP contribution >= 0.6 is 0 Å². The van der Waals surface area contributed by atoms with E-state index < -0.39 is 77.7 Å². The molecule has 1 aliphatic heterocycles. The van der Waals surface area contributed by atoms with E-state index in [-0.39, 0.29) is 32.8 Å². The molecule has 19 nitrogen and oxygen atoms in total. The number of carboxylic acid groups (broad SMARTS) is 1. The standard InChI is InChI=1S/C41H67N7O12/c1-39(2,3)58-34(51)26-46-17-15-45(16-18-47(27-35(52)59-40(4,5)6)20-22-48(21-19-46)28-36(53)60-41(7,8)9)25-33(50)42-24-32(49)44-31(37(54)55)23-43-38(56)57-29-30-13-11-10-12-14-30/h10-14,31H,15-29H2,1-9H3,(H,42,50)(H,43,56)(H,44,49)(H,54,55)/t31-/m0/s1.